The maximum atomic E-state index is 11.5. The van der Waals surface area contributed by atoms with E-state index in [1.807, 2.05) is 0 Å². The number of carbonyl (C=O) groups is 2. The van der Waals surface area contributed by atoms with E-state index in [4.69, 9.17) is 28.8 Å². The number of carboxylic acids is 1. The molecule has 1 unspecified atom stereocenters. The first-order chi connectivity index (χ1) is 24.0. The Morgan fingerprint density at radius 1 is 0.640 bits per heavy atom. The third-order valence-corrected chi connectivity index (χ3v) is 9.61. The molecule has 0 amide bonds. The minimum Gasteiger partial charge on any atom is -0.481 e. The zero-order valence-electron chi connectivity index (χ0n) is 30.2. The molecule has 14 nitrogen and oxygen atoms in total. The molecule has 294 valence electrons. The third kappa shape index (κ3) is 16.5. The SMILES string of the molecule is CCCCCCCCCC(CCCCCCCCCCCC(=O)O)O[C@@H]1O[C@H](COC(C)=O)[C@@H](O)[C@H](O)[C@H]1O[C@@H]1O[C@H](CO)[C@@H](O)[C@H](O)[C@H]1O. The summed E-state index contributed by atoms with van der Waals surface area (Å²) in [5.74, 6) is -1.34. The van der Waals surface area contributed by atoms with Crippen LogP contribution in [0.25, 0.3) is 0 Å². The number of unbranched alkanes of at least 4 members (excludes halogenated alkanes) is 14. The highest BCUT2D eigenvalue weighted by Crippen LogP contribution is 2.32. The van der Waals surface area contributed by atoms with Crippen LogP contribution in [-0.2, 0) is 33.3 Å². The van der Waals surface area contributed by atoms with E-state index in [1.165, 1.54) is 32.6 Å². The van der Waals surface area contributed by atoms with Gasteiger partial charge in [-0.3, -0.25) is 9.59 Å². The molecule has 7 N–H and O–H groups in total. The first-order valence-electron chi connectivity index (χ1n) is 19.0. The summed E-state index contributed by atoms with van der Waals surface area (Å²) in [7, 11) is 0. The molecule has 2 heterocycles. The van der Waals surface area contributed by atoms with Gasteiger partial charge in [0, 0.05) is 13.3 Å². The van der Waals surface area contributed by atoms with Gasteiger partial charge in [0.15, 0.2) is 12.6 Å². The van der Waals surface area contributed by atoms with Crippen molar-refractivity contribution in [3.63, 3.8) is 0 Å². The van der Waals surface area contributed by atoms with E-state index >= 15 is 0 Å². The number of aliphatic hydroxyl groups is 6. The fourth-order valence-electron chi connectivity index (χ4n) is 6.52. The zero-order valence-corrected chi connectivity index (χ0v) is 30.2. The van der Waals surface area contributed by atoms with E-state index in [0.29, 0.717) is 12.8 Å². The Morgan fingerprint density at radius 2 is 1.14 bits per heavy atom. The van der Waals surface area contributed by atoms with Crippen molar-refractivity contribution in [1.82, 2.24) is 0 Å². The van der Waals surface area contributed by atoms with Crippen LogP contribution in [0, 0.1) is 0 Å². The van der Waals surface area contributed by atoms with Gasteiger partial charge in [-0.2, -0.15) is 0 Å². The first kappa shape index (κ1) is 44.7. The Labute approximate surface area is 297 Å². The lowest BCUT2D eigenvalue weighted by Gasteiger charge is -2.46. The number of ether oxygens (including phenoxy) is 5. The smallest absolute Gasteiger partial charge is 0.303 e. The number of aliphatic hydroxyl groups excluding tert-OH is 6. The Balaban J connectivity index is 2.07. The van der Waals surface area contributed by atoms with Gasteiger partial charge in [0.1, 0.15) is 55.4 Å². The molecule has 0 bridgehead atoms. The summed E-state index contributed by atoms with van der Waals surface area (Å²) in [5, 5.41) is 71.7. The van der Waals surface area contributed by atoms with Crippen molar-refractivity contribution in [3.8, 4) is 0 Å². The van der Waals surface area contributed by atoms with Crippen molar-refractivity contribution in [1.29, 1.82) is 0 Å². The average Bonchev–Trinajstić information content (AvgIpc) is 3.08. The van der Waals surface area contributed by atoms with E-state index in [2.05, 4.69) is 6.92 Å². The van der Waals surface area contributed by atoms with Gasteiger partial charge in [-0.05, 0) is 19.3 Å². The molecule has 2 rings (SSSR count). The molecule has 0 aromatic heterocycles. The predicted octanol–water partition coefficient (Wildman–Crippen LogP) is 3.08. The van der Waals surface area contributed by atoms with Gasteiger partial charge in [0.05, 0.1) is 12.7 Å². The Hall–Kier alpha value is -1.46. The summed E-state index contributed by atoms with van der Waals surface area (Å²) >= 11 is 0. The van der Waals surface area contributed by atoms with Crippen molar-refractivity contribution in [2.75, 3.05) is 13.2 Å². The zero-order chi connectivity index (χ0) is 36.9. The van der Waals surface area contributed by atoms with E-state index in [-0.39, 0.29) is 19.1 Å². The predicted molar refractivity (Wildman–Crippen MR) is 182 cm³/mol. The number of hydrogen-bond donors (Lipinski definition) is 7. The standard InChI is InChI=1S/C36H66O14/c1-3-4-5-6-10-13-16-19-25(20-17-14-11-8-7-9-12-15-18-21-28(39)40)47-36-34(32(44)30(42)27(49-36)23-46-24(2)38)50-35-33(45)31(43)29(41)26(22-37)48-35/h25-27,29-37,41-45H,3-23H2,1-2H3,(H,39,40)/t25?,26-,27-,29-,30-,31+,32+,33-,34-,35+,36-/m1/s1. The maximum Gasteiger partial charge on any atom is 0.303 e. The molecule has 50 heavy (non-hydrogen) atoms. The molecule has 0 spiro atoms. The molecule has 0 aliphatic carbocycles. The average molecular weight is 723 g/mol. The maximum absolute atomic E-state index is 11.5. The van der Waals surface area contributed by atoms with Gasteiger partial charge < -0.3 is 59.4 Å². The Bertz CT molecular complexity index is 906. The van der Waals surface area contributed by atoms with Crippen LogP contribution in [0.1, 0.15) is 136 Å². The number of carbonyl (C=O) groups excluding carboxylic acids is 1. The molecule has 2 aliphatic heterocycles. The summed E-state index contributed by atoms with van der Waals surface area (Å²) in [5.41, 5.74) is 0. The van der Waals surface area contributed by atoms with Crippen LogP contribution in [0.15, 0.2) is 0 Å². The molecule has 2 fully saturated rings. The van der Waals surface area contributed by atoms with E-state index in [9.17, 15) is 40.2 Å². The van der Waals surface area contributed by atoms with Crippen LogP contribution in [-0.4, -0.2) is 128 Å². The van der Waals surface area contributed by atoms with Crippen LogP contribution >= 0.6 is 0 Å². The molecule has 0 saturated carbocycles. The van der Waals surface area contributed by atoms with Crippen LogP contribution in [0.4, 0.5) is 0 Å². The van der Waals surface area contributed by atoms with Crippen molar-refractivity contribution in [2.45, 2.75) is 203 Å². The van der Waals surface area contributed by atoms with Crippen molar-refractivity contribution in [2.24, 2.45) is 0 Å². The lowest BCUT2D eigenvalue weighted by molar-refractivity contribution is -0.372. The fourth-order valence-corrected chi connectivity index (χ4v) is 6.52. The molecular weight excluding hydrogens is 656 g/mol. The number of esters is 1. The first-order valence-corrected chi connectivity index (χ1v) is 19.0. The molecule has 0 aromatic carbocycles. The van der Waals surface area contributed by atoms with Gasteiger partial charge in [-0.25, -0.2) is 0 Å². The fraction of sp³-hybridized carbons (Fsp3) is 0.944. The van der Waals surface area contributed by atoms with Gasteiger partial charge in [-0.15, -0.1) is 0 Å². The highest BCUT2D eigenvalue weighted by atomic mass is 16.8. The number of rotatable bonds is 27. The molecule has 2 saturated heterocycles. The molecule has 2 aliphatic rings. The lowest BCUT2D eigenvalue weighted by Crippen LogP contribution is -2.65. The van der Waals surface area contributed by atoms with Crippen LogP contribution in [0.2, 0.25) is 0 Å². The van der Waals surface area contributed by atoms with E-state index < -0.39 is 80.0 Å². The van der Waals surface area contributed by atoms with Crippen molar-refractivity contribution in [3.05, 3.63) is 0 Å². The van der Waals surface area contributed by atoms with Crippen LogP contribution in [0.3, 0.4) is 0 Å². The minimum atomic E-state index is -1.75. The molecule has 11 atom stereocenters. The summed E-state index contributed by atoms with van der Waals surface area (Å²) in [6.07, 6.45) is 3.08. The molecule has 14 heteroatoms. The van der Waals surface area contributed by atoms with Crippen molar-refractivity contribution < 1.29 is 69.0 Å². The Kier molecular flexibility index (Phi) is 22.8. The quantitative estimate of drug-likeness (QED) is 0.0479. The minimum absolute atomic E-state index is 0.223. The van der Waals surface area contributed by atoms with Gasteiger partial charge >= 0.3 is 11.9 Å². The number of aliphatic carboxylic acids is 1. The number of carboxylic acid groups (broad SMARTS) is 1. The highest BCUT2D eigenvalue weighted by Gasteiger charge is 2.51. The monoisotopic (exact) mass is 722 g/mol. The van der Waals surface area contributed by atoms with E-state index in [0.717, 1.165) is 77.0 Å². The normalized spacial score (nSPS) is 30.6. The topological polar surface area (TPSA) is 222 Å². The van der Waals surface area contributed by atoms with Gasteiger partial charge in [0.2, 0.25) is 0 Å². The summed E-state index contributed by atoms with van der Waals surface area (Å²) in [6, 6.07) is 0. The van der Waals surface area contributed by atoms with Gasteiger partial charge in [0.25, 0.3) is 0 Å². The Morgan fingerprint density at radius 3 is 1.66 bits per heavy atom. The second kappa shape index (κ2) is 25.5. The summed E-state index contributed by atoms with van der Waals surface area (Å²) in [6.45, 7) is 2.38. The second-order valence-electron chi connectivity index (χ2n) is 13.9. The highest BCUT2D eigenvalue weighted by molar-refractivity contribution is 5.66. The summed E-state index contributed by atoms with van der Waals surface area (Å²) < 4.78 is 29.0. The van der Waals surface area contributed by atoms with Crippen LogP contribution in [0.5, 0.6) is 0 Å². The largest absolute Gasteiger partial charge is 0.481 e. The van der Waals surface area contributed by atoms with Gasteiger partial charge in [-0.1, -0.05) is 103 Å². The molecule has 0 aromatic rings. The number of hydrogen-bond acceptors (Lipinski definition) is 13. The third-order valence-electron chi connectivity index (χ3n) is 9.61. The lowest BCUT2D eigenvalue weighted by atomic mass is 9.97. The molecule has 0 radical (unpaired) electrons. The van der Waals surface area contributed by atoms with E-state index in [1.54, 1.807) is 0 Å². The molecular formula is C36H66O14. The summed E-state index contributed by atoms with van der Waals surface area (Å²) in [4.78, 5) is 22.2. The van der Waals surface area contributed by atoms with Crippen LogP contribution < -0.4 is 0 Å². The van der Waals surface area contributed by atoms with Crippen molar-refractivity contribution >= 4 is 11.9 Å². The second-order valence-corrected chi connectivity index (χ2v) is 13.9.